The van der Waals surface area contributed by atoms with Crippen LogP contribution < -0.4 is 4.90 Å². The number of benzene rings is 4. The highest BCUT2D eigenvalue weighted by atomic mass is 15.1. The molecule has 0 radical (unpaired) electrons. The van der Waals surface area contributed by atoms with Crippen LogP contribution in [0.3, 0.4) is 0 Å². The fourth-order valence-corrected chi connectivity index (χ4v) is 6.25. The maximum absolute atomic E-state index is 5.01. The van der Waals surface area contributed by atoms with E-state index in [9.17, 15) is 0 Å². The van der Waals surface area contributed by atoms with Gasteiger partial charge in [0.25, 0.3) is 0 Å². The molecule has 40 heavy (non-hydrogen) atoms. The minimum Gasteiger partial charge on any atom is -0.344 e. The summed E-state index contributed by atoms with van der Waals surface area (Å²) in [5.74, 6) is 1.43. The molecule has 0 aliphatic heterocycles. The van der Waals surface area contributed by atoms with Crippen LogP contribution in [0.25, 0.3) is 33.9 Å². The van der Waals surface area contributed by atoms with E-state index in [2.05, 4.69) is 138 Å². The van der Waals surface area contributed by atoms with Crippen LogP contribution >= 0.6 is 0 Å². The first-order valence-electron chi connectivity index (χ1n) is 13.8. The molecule has 1 heterocycles. The van der Waals surface area contributed by atoms with Crippen LogP contribution in [0.4, 0.5) is 11.4 Å². The van der Waals surface area contributed by atoms with E-state index in [0.29, 0.717) is 5.82 Å². The quantitative estimate of drug-likeness (QED) is 0.229. The highest BCUT2D eigenvalue weighted by Gasteiger charge is 2.20. The second kappa shape index (κ2) is 10.7. The number of anilines is 2. The first kappa shape index (κ1) is 27.3. The fourth-order valence-electron chi connectivity index (χ4n) is 6.25. The minimum absolute atomic E-state index is 0.708. The highest BCUT2D eigenvalue weighted by Crippen LogP contribution is 2.38. The first-order chi connectivity index (χ1) is 19.0. The summed E-state index contributed by atoms with van der Waals surface area (Å²) in [5, 5.41) is 0. The van der Waals surface area contributed by atoms with Gasteiger partial charge < -0.3 is 4.90 Å². The second-order valence-electron chi connectivity index (χ2n) is 11.2. The topological polar surface area (TPSA) is 41.9 Å². The molecule has 0 saturated heterocycles. The van der Waals surface area contributed by atoms with Crippen LogP contribution in [0.1, 0.15) is 44.5 Å². The summed E-state index contributed by atoms with van der Waals surface area (Å²) >= 11 is 0. The van der Waals surface area contributed by atoms with E-state index < -0.39 is 0 Å². The third-order valence-electron chi connectivity index (χ3n) is 7.77. The Kier molecular flexibility index (Phi) is 7.29. The van der Waals surface area contributed by atoms with E-state index in [-0.39, 0.29) is 0 Å². The van der Waals surface area contributed by atoms with E-state index in [0.717, 1.165) is 33.8 Å². The standard InChI is InChI=1S/C36H38N4/c1-21-14-22(2)18-30(17-21)29-10-12-31(13-11-29)40(9)34-27(7)19-26(6)33(28(34)8)36-38-20-37-35(39-36)32-24(4)15-23(3)16-25(32)5/h10-20H,1-9H3. The van der Waals surface area contributed by atoms with Gasteiger partial charge in [-0.2, -0.15) is 0 Å². The summed E-state index contributed by atoms with van der Waals surface area (Å²) in [6.45, 7) is 17.2. The SMILES string of the molecule is Cc1cc(C)cc(-c2ccc(N(C)c3c(C)cc(C)c(-c4ncnc(-c5c(C)cc(C)cc5C)n4)c3C)cc2)c1. The van der Waals surface area contributed by atoms with Gasteiger partial charge in [0, 0.05) is 29.5 Å². The van der Waals surface area contributed by atoms with Crippen LogP contribution in [0, 0.1) is 55.4 Å². The molecule has 0 atom stereocenters. The van der Waals surface area contributed by atoms with Crippen molar-refractivity contribution in [1.29, 1.82) is 0 Å². The van der Waals surface area contributed by atoms with Gasteiger partial charge in [0.05, 0.1) is 0 Å². The molecule has 0 aliphatic rings. The number of nitrogens with zero attached hydrogens (tertiary/aromatic N) is 4. The molecule has 0 N–H and O–H groups in total. The van der Waals surface area contributed by atoms with Gasteiger partial charge in [-0.1, -0.05) is 65.2 Å². The van der Waals surface area contributed by atoms with Crippen molar-refractivity contribution >= 4 is 11.4 Å². The van der Waals surface area contributed by atoms with Crippen LogP contribution in [0.5, 0.6) is 0 Å². The van der Waals surface area contributed by atoms with Gasteiger partial charge in [-0.25, -0.2) is 15.0 Å². The maximum Gasteiger partial charge on any atom is 0.163 e. The molecule has 4 heteroatoms. The third kappa shape index (κ3) is 5.14. The number of aromatic nitrogens is 3. The fraction of sp³-hybridized carbons (Fsp3) is 0.250. The molecule has 202 valence electrons. The number of aryl methyl sites for hydroxylation is 7. The predicted octanol–water partition coefficient (Wildman–Crippen LogP) is 9.11. The molecule has 0 bridgehead atoms. The van der Waals surface area contributed by atoms with Gasteiger partial charge in [-0.05, 0) is 106 Å². The van der Waals surface area contributed by atoms with Crippen molar-refractivity contribution in [3.05, 3.63) is 111 Å². The Hall–Kier alpha value is -4.31. The number of hydrogen-bond acceptors (Lipinski definition) is 4. The molecule has 0 fully saturated rings. The smallest absolute Gasteiger partial charge is 0.163 e. The molecule has 5 rings (SSSR count). The van der Waals surface area contributed by atoms with Crippen LogP contribution in [0.15, 0.2) is 67.0 Å². The van der Waals surface area contributed by atoms with Crippen molar-refractivity contribution in [2.45, 2.75) is 55.4 Å². The maximum atomic E-state index is 5.01. The van der Waals surface area contributed by atoms with Crippen molar-refractivity contribution in [3.63, 3.8) is 0 Å². The normalized spacial score (nSPS) is 11.1. The van der Waals surface area contributed by atoms with E-state index in [1.54, 1.807) is 6.33 Å². The molecular weight excluding hydrogens is 488 g/mol. The summed E-state index contributed by atoms with van der Waals surface area (Å²) in [6, 6.07) is 22.1. The molecule has 1 aromatic heterocycles. The minimum atomic E-state index is 0.708. The molecule has 0 spiro atoms. The van der Waals surface area contributed by atoms with E-state index in [1.807, 2.05) is 0 Å². The van der Waals surface area contributed by atoms with E-state index >= 15 is 0 Å². The van der Waals surface area contributed by atoms with Crippen molar-refractivity contribution < 1.29 is 0 Å². The van der Waals surface area contributed by atoms with Crippen molar-refractivity contribution in [1.82, 2.24) is 15.0 Å². The van der Waals surface area contributed by atoms with Crippen LogP contribution in [-0.4, -0.2) is 22.0 Å². The van der Waals surface area contributed by atoms with Crippen LogP contribution in [-0.2, 0) is 0 Å². The monoisotopic (exact) mass is 526 g/mol. The van der Waals surface area contributed by atoms with Gasteiger partial charge >= 0.3 is 0 Å². The molecule has 0 unspecified atom stereocenters. The Balaban J connectivity index is 1.55. The Morgan fingerprint density at radius 1 is 0.525 bits per heavy atom. The molecule has 0 aliphatic carbocycles. The summed E-state index contributed by atoms with van der Waals surface area (Å²) in [7, 11) is 2.14. The third-order valence-corrected chi connectivity index (χ3v) is 7.77. The summed E-state index contributed by atoms with van der Waals surface area (Å²) < 4.78 is 0. The molecule has 4 aromatic carbocycles. The molecule has 5 aromatic rings. The Morgan fingerprint density at radius 2 is 1.05 bits per heavy atom. The summed E-state index contributed by atoms with van der Waals surface area (Å²) in [5.41, 5.74) is 16.6. The van der Waals surface area contributed by atoms with Crippen molar-refractivity contribution in [3.8, 4) is 33.9 Å². The summed E-state index contributed by atoms with van der Waals surface area (Å²) in [6.07, 6.45) is 1.64. The zero-order valence-corrected chi connectivity index (χ0v) is 25.1. The van der Waals surface area contributed by atoms with Crippen molar-refractivity contribution in [2.24, 2.45) is 0 Å². The first-order valence-corrected chi connectivity index (χ1v) is 13.8. The molecule has 0 amide bonds. The highest BCUT2D eigenvalue weighted by molar-refractivity contribution is 5.80. The lowest BCUT2D eigenvalue weighted by atomic mass is 9.95. The number of rotatable bonds is 5. The Bertz CT molecular complexity index is 1690. The Labute approximate surface area is 238 Å². The van der Waals surface area contributed by atoms with Crippen LogP contribution in [0.2, 0.25) is 0 Å². The average Bonchev–Trinajstić information content (AvgIpc) is 2.87. The largest absolute Gasteiger partial charge is 0.344 e. The zero-order valence-electron chi connectivity index (χ0n) is 25.1. The molecule has 4 nitrogen and oxygen atoms in total. The molecule has 0 saturated carbocycles. The average molecular weight is 527 g/mol. The zero-order chi connectivity index (χ0) is 28.7. The Morgan fingerprint density at radius 3 is 1.65 bits per heavy atom. The van der Waals surface area contributed by atoms with Gasteiger partial charge in [0.2, 0.25) is 0 Å². The van der Waals surface area contributed by atoms with Gasteiger partial charge in [-0.3, -0.25) is 0 Å². The second-order valence-corrected chi connectivity index (χ2v) is 11.2. The lowest BCUT2D eigenvalue weighted by Crippen LogP contribution is -2.14. The van der Waals surface area contributed by atoms with Crippen molar-refractivity contribution in [2.75, 3.05) is 11.9 Å². The lowest BCUT2D eigenvalue weighted by Gasteiger charge is -2.26. The summed E-state index contributed by atoms with van der Waals surface area (Å²) in [4.78, 5) is 16.5. The predicted molar refractivity (Wildman–Crippen MR) is 169 cm³/mol. The lowest BCUT2D eigenvalue weighted by molar-refractivity contribution is 1.05. The van der Waals surface area contributed by atoms with E-state index in [1.165, 1.54) is 50.2 Å². The molecular formula is C36H38N4. The van der Waals surface area contributed by atoms with Gasteiger partial charge in [0.1, 0.15) is 6.33 Å². The van der Waals surface area contributed by atoms with Gasteiger partial charge in [-0.15, -0.1) is 0 Å². The number of hydrogen-bond donors (Lipinski definition) is 0. The van der Waals surface area contributed by atoms with Gasteiger partial charge in [0.15, 0.2) is 11.6 Å². The van der Waals surface area contributed by atoms with E-state index in [4.69, 9.17) is 4.98 Å².